The van der Waals surface area contributed by atoms with Crippen molar-refractivity contribution in [2.75, 3.05) is 13.1 Å². The van der Waals surface area contributed by atoms with Gasteiger partial charge in [-0.25, -0.2) is 0 Å². The van der Waals surface area contributed by atoms with Gasteiger partial charge in [0.05, 0.1) is 0 Å². The quantitative estimate of drug-likeness (QED) is 0.749. The minimum atomic E-state index is -0.797. The van der Waals surface area contributed by atoms with Gasteiger partial charge in [0, 0.05) is 12.1 Å². The average molecular weight is 251 g/mol. The summed E-state index contributed by atoms with van der Waals surface area (Å²) in [5.41, 5.74) is 0.480. The molecule has 1 aromatic carbocycles. The minimum absolute atomic E-state index is 0.0565. The molecule has 3 N–H and O–H groups in total. The fraction of sp³-hybridized carbons (Fsp3) is 0.462. The maximum absolute atomic E-state index is 11.0. The Bertz CT molecular complexity index is 426. The van der Waals surface area contributed by atoms with E-state index in [1.165, 1.54) is 12.1 Å². The first-order valence-corrected chi connectivity index (χ1v) is 6.06. The van der Waals surface area contributed by atoms with Crippen LogP contribution in [0.25, 0.3) is 0 Å². The molecule has 0 unspecified atom stereocenters. The van der Waals surface area contributed by atoms with E-state index in [0.29, 0.717) is 24.9 Å². The van der Waals surface area contributed by atoms with E-state index in [0.717, 1.165) is 13.0 Å². The van der Waals surface area contributed by atoms with Gasteiger partial charge in [-0.05, 0) is 37.9 Å². The van der Waals surface area contributed by atoms with Crippen molar-refractivity contribution < 1.29 is 20.1 Å². The molecule has 2 rings (SSSR count). The number of carboxylic acid groups (broad SMARTS) is 1. The summed E-state index contributed by atoms with van der Waals surface area (Å²) in [6, 6.07) is 4.18. The van der Waals surface area contributed by atoms with E-state index in [2.05, 4.69) is 0 Å². The number of hydrogen-bond acceptors (Lipinski definition) is 4. The highest BCUT2D eigenvalue weighted by Crippen LogP contribution is 2.27. The highest BCUT2D eigenvalue weighted by molar-refractivity contribution is 5.73. The number of nitrogens with zero attached hydrogens (tertiary/aromatic N) is 1. The Balaban J connectivity index is 2.01. The van der Waals surface area contributed by atoms with Crippen LogP contribution in [0.3, 0.4) is 0 Å². The Morgan fingerprint density at radius 2 is 2.00 bits per heavy atom. The lowest BCUT2D eigenvalue weighted by molar-refractivity contribution is -0.142. The molecule has 0 spiro atoms. The van der Waals surface area contributed by atoms with Gasteiger partial charge in [0.2, 0.25) is 0 Å². The molecule has 18 heavy (non-hydrogen) atoms. The molecule has 0 radical (unpaired) electrons. The first-order valence-electron chi connectivity index (χ1n) is 6.06. The maximum Gasteiger partial charge on any atom is 0.320 e. The minimum Gasteiger partial charge on any atom is -0.508 e. The average Bonchev–Trinajstić information content (AvgIpc) is 2.76. The van der Waals surface area contributed by atoms with E-state index in [-0.39, 0.29) is 11.5 Å². The molecule has 1 atom stereocenters. The lowest BCUT2D eigenvalue weighted by Crippen LogP contribution is -2.37. The van der Waals surface area contributed by atoms with Crippen LogP contribution in [-0.2, 0) is 11.2 Å². The van der Waals surface area contributed by atoms with Crippen LogP contribution in [0.5, 0.6) is 11.5 Å². The molecule has 1 heterocycles. The SMILES string of the molecule is O=C(O)[C@@H]1CCCN1CCc1c(O)cccc1O. The third-order valence-corrected chi connectivity index (χ3v) is 3.42. The molecule has 5 heteroatoms. The number of carbonyl (C=O) groups is 1. The van der Waals surface area contributed by atoms with E-state index < -0.39 is 12.0 Å². The van der Waals surface area contributed by atoms with Crippen molar-refractivity contribution in [1.82, 2.24) is 4.90 Å². The number of benzene rings is 1. The van der Waals surface area contributed by atoms with Crippen molar-refractivity contribution in [3.63, 3.8) is 0 Å². The second-order valence-electron chi connectivity index (χ2n) is 4.56. The van der Waals surface area contributed by atoms with Crippen LogP contribution in [0.4, 0.5) is 0 Å². The van der Waals surface area contributed by atoms with Gasteiger partial charge in [0.15, 0.2) is 0 Å². The summed E-state index contributed by atoms with van der Waals surface area (Å²) in [6.45, 7) is 1.29. The van der Waals surface area contributed by atoms with Crippen molar-refractivity contribution in [3.8, 4) is 11.5 Å². The van der Waals surface area contributed by atoms with Gasteiger partial charge >= 0.3 is 5.97 Å². The van der Waals surface area contributed by atoms with Crippen molar-refractivity contribution in [2.24, 2.45) is 0 Å². The maximum atomic E-state index is 11.0. The Morgan fingerprint density at radius 3 is 2.61 bits per heavy atom. The molecular formula is C13H17NO4. The van der Waals surface area contributed by atoms with Crippen LogP contribution in [0.1, 0.15) is 18.4 Å². The monoisotopic (exact) mass is 251 g/mol. The number of aromatic hydroxyl groups is 2. The molecular weight excluding hydrogens is 234 g/mol. The topological polar surface area (TPSA) is 81.0 Å². The Morgan fingerprint density at radius 1 is 1.33 bits per heavy atom. The van der Waals surface area contributed by atoms with Gasteiger partial charge in [-0.3, -0.25) is 9.69 Å². The zero-order valence-corrected chi connectivity index (χ0v) is 10.0. The van der Waals surface area contributed by atoms with E-state index in [4.69, 9.17) is 5.11 Å². The first-order chi connectivity index (χ1) is 8.59. The van der Waals surface area contributed by atoms with Crippen LogP contribution in [0.15, 0.2) is 18.2 Å². The van der Waals surface area contributed by atoms with Crippen LogP contribution in [-0.4, -0.2) is 45.3 Å². The van der Waals surface area contributed by atoms with Crippen molar-refractivity contribution in [1.29, 1.82) is 0 Å². The molecule has 0 bridgehead atoms. The molecule has 1 aliphatic heterocycles. The summed E-state index contributed by atoms with van der Waals surface area (Å²) < 4.78 is 0. The Kier molecular flexibility index (Phi) is 3.72. The number of phenolic OH excluding ortho intramolecular Hbond substituents is 2. The van der Waals surface area contributed by atoms with Crippen LogP contribution in [0.2, 0.25) is 0 Å². The lowest BCUT2D eigenvalue weighted by atomic mass is 10.1. The van der Waals surface area contributed by atoms with Crippen molar-refractivity contribution in [2.45, 2.75) is 25.3 Å². The summed E-state index contributed by atoms with van der Waals surface area (Å²) in [5, 5.41) is 28.3. The molecule has 5 nitrogen and oxygen atoms in total. The van der Waals surface area contributed by atoms with Gasteiger partial charge in [0.1, 0.15) is 17.5 Å². The van der Waals surface area contributed by atoms with E-state index in [9.17, 15) is 15.0 Å². The van der Waals surface area contributed by atoms with Crippen LogP contribution in [0, 0.1) is 0 Å². The number of carboxylic acids is 1. The van der Waals surface area contributed by atoms with Crippen LogP contribution >= 0.6 is 0 Å². The number of rotatable bonds is 4. The van der Waals surface area contributed by atoms with Gasteiger partial charge in [-0.1, -0.05) is 6.07 Å². The second kappa shape index (κ2) is 5.27. The summed E-state index contributed by atoms with van der Waals surface area (Å²) >= 11 is 0. The molecule has 1 aliphatic rings. The zero-order valence-electron chi connectivity index (χ0n) is 10.0. The van der Waals surface area contributed by atoms with Crippen molar-refractivity contribution in [3.05, 3.63) is 23.8 Å². The highest BCUT2D eigenvalue weighted by Gasteiger charge is 2.30. The summed E-state index contributed by atoms with van der Waals surface area (Å²) in [6.07, 6.45) is 1.99. The summed E-state index contributed by atoms with van der Waals surface area (Å²) in [5.74, 6) is -0.684. The molecule has 0 saturated carbocycles. The zero-order chi connectivity index (χ0) is 13.1. The molecule has 1 aromatic rings. The predicted molar refractivity (Wildman–Crippen MR) is 65.7 cm³/mol. The van der Waals surface area contributed by atoms with Crippen LogP contribution < -0.4 is 0 Å². The fourth-order valence-electron chi connectivity index (χ4n) is 2.45. The van der Waals surface area contributed by atoms with E-state index >= 15 is 0 Å². The standard InChI is InChI=1S/C13H17NO4/c15-11-4-1-5-12(16)9(11)6-8-14-7-2-3-10(14)13(17)18/h1,4-5,10,15-16H,2-3,6-8H2,(H,17,18)/t10-/m0/s1. The van der Waals surface area contributed by atoms with Gasteiger partial charge in [0.25, 0.3) is 0 Å². The number of phenols is 2. The number of hydrogen-bond donors (Lipinski definition) is 3. The fourth-order valence-corrected chi connectivity index (χ4v) is 2.45. The largest absolute Gasteiger partial charge is 0.508 e. The summed E-state index contributed by atoms with van der Waals surface area (Å²) in [4.78, 5) is 12.9. The normalized spacial score (nSPS) is 20.1. The number of aliphatic carboxylic acids is 1. The van der Waals surface area contributed by atoms with Gasteiger partial charge in [-0.15, -0.1) is 0 Å². The Hall–Kier alpha value is -1.75. The molecule has 0 amide bonds. The third-order valence-electron chi connectivity index (χ3n) is 3.42. The second-order valence-corrected chi connectivity index (χ2v) is 4.56. The molecule has 98 valence electrons. The van der Waals surface area contributed by atoms with E-state index in [1.807, 2.05) is 4.90 Å². The highest BCUT2D eigenvalue weighted by atomic mass is 16.4. The molecule has 0 aromatic heterocycles. The predicted octanol–water partition coefficient (Wildman–Crippen LogP) is 1.19. The molecule has 0 aliphatic carbocycles. The third kappa shape index (κ3) is 2.56. The molecule has 1 saturated heterocycles. The van der Waals surface area contributed by atoms with Crippen molar-refractivity contribution >= 4 is 5.97 Å². The summed E-state index contributed by atoms with van der Waals surface area (Å²) in [7, 11) is 0. The van der Waals surface area contributed by atoms with Gasteiger partial charge < -0.3 is 15.3 Å². The lowest BCUT2D eigenvalue weighted by Gasteiger charge is -2.21. The van der Waals surface area contributed by atoms with Gasteiger partial charge in [-0.2, -0.15) is 0 Å². The van der Waals surface area contributed by atoms with E-state index in [1.54, 1.807) is 6.07 Å². The smallest absolute Gasteiger partial charge is 0.320 e. The molecule has 1 fully saturated rings. The number of likely N-dealkylation sites (tertiary alicyclic amines) is 1. The Labute approximate surface area is 105 Å². The first kappa shape index (κ1) is 12.7.